The predicted octanol–water partition coefficient (Wildman–Crippen LogP) is -1.70. The number of amides is 1. The van der Waals surface area contributed by atoms with E-state index in [0.29, 0.717) is 25.0 Å². The number of nitrogens with two attached hydrogens (primary N) is 1. The van der Waals surface area contributed by atoms with Gasteiger partial charge in [0.2, 0.25) is 0 Å². The zero-order chi connectivity index (χ0) is 17.1. The van der Waals surface area contributed by atoms with E-state index in [1.54, 1.807) is 0 Å². The van der Waals surface area contributed by atoms with Crippen molar-refractivity contribution in [3.05, 3.63) is 17.7 Å². The Kier molecular flexibility index (Phi) is 5.71. The molecule has 0 bridgehead atoms. The zero-order valence-corrected chi connectivity index (χ0v) is 12.9. The van der Waals surface area contributed by atoms with Gasteiger partial charge in [-0.05, 0) is 19.3 Å². The van der Waals surface area contributed by atoms with Gasteiger partial charge in [-0.3, -0.25) is 4.79 Å². The molecule has 23 heavy (non-hydrogen) atoms. The van der Waals surface area contributed by atoms with E-state index in [4.69, 9.17) is 15.6 Å². The highest BCUT2D eigenvalue weighted by Gasteiger charge is 2.44. The van der Waals surface area contributed by atoms with E-state index >= 15 is 0 Å². The lowest BCUT2D eigenvalue weighted by molar-refractivity contribution is -0.0540. The van der Waals surface area contributed by atoms with Crippen molar-refractivity contribution in [1.29, 1.82) is 0 Å². The number of hydrogen-bond donors (Lipinski definition) is 5. The molecule has 1 fully saturated rings. The van der Waals surface area contributed by atoms with Gasteiger partial charge in [0.05, 0.1) is 24.7 Å². The fourth-order valence-corrected chi connectivity index (χ4v) is 2.68. The molecule has 1 aromatic heterocycles. The lowest BCUT2D eigenvalue weighted by Gasteiger charge is -2.20. The summed E-state index contributed by atoms with van der Waals surface area (Å²) in [6, 6.07) is 0. The number of ether oxygens (including phenoxy) is 1. The maximum absolute atomic E-state index is 11.5. The summed E-state index contributed by atoms with van der Waals surface area (Å²) in [5.74, 6) is -0.725. The van der Waals surface area contributed by atoms with Crippen LogP contribution < -0.4 is 5.73 Å². The van der Waals surface area contributed by atoms with Crippen molar-refractivity contribution in [2.45, 2.75) is 56.8 Å². The molecule has 1 aromatic rings. The molecule has 2 heterocycles. The maximum atomic E-state index is 11.5. The molecule has 1 amide bonds. The molecule has 130 valence electrons. The molecule has 1 aliphatic rings. The molecule has 1 saturated heterocycles. The summed E-state index contributed by atoms with van der Waals surface area (Å²) < 4.78 is 6.87. The van der Waals surface area contributed by atoms with Gasteiger partial charge in [0.25, 0.3) is 5.91 Å². The molecule has 1 aliphatic heterocycles. The maximum Gasteiger partial charge on any atom is 0.269 e. The zero-order valence-electron chi connectivity index (χ0n) is 12.9. The minimum atomic E-state index is -1.28. The molecule has 0 saturated carbocycles. The van der Waals surface area contributed by atoms with Gasteiger partial charge in [0, 0.05) is 0 Å². The SMILES string of the molecule is CCC(O)CCc1c(C(N)=O)ncn1[C@@H]1O[C@H](CO)[C@@H](O)[C@H]1O. The van der Waals surface area contributed by atoms with Crippen molar-refractivity contribution in [2.75, 3.05) is 6.61 Å². The number of carbonyl (C=O) groups is 1. The summed E-state index contributed by atoms with van der Waals surface area (Å²) in [5.41, 5.74) is 5.76. The summed E-state index contributed by atoms with van der Waals surface area (Å²) in [4.78, 5) is 15.5. The topological polar surface area (TPSA) is 151 Å². The van der Waals surface area contributed by atoms with Crippen LogP contribution in [0.3, 0.4) is 0 Å². The van der Waals surface area contributed by atoms with E-state index in [0.717, 1.165) is 0 Å². The van der Waals surface area contributed by atoms with Crippen molar-refractivity contribution in [1.82, 2.24) is 9.55 Å². The second-order valence-corrected chi connectivity index (χ2v) is 5.64. The summed E-state index contributed by atoms with van der Waals surface area (Å²) in [7, 11) is 0. The third-order valence-electron chi connectivity index (χ3n) is 4.11. The number of hydrogen-bond acceptors (Lipinski definition) is 7. The minimum absolute atomic E-state index is 0.0334. The van der Waals surface area contributed by atoms with Crippen molar-refractivity contribution in [2.24, 2.45) is 5.73 Å². The van der Waals surface area contributed by atoms with Crippen LogP contribution in [0.25, 0.3) is 0 Å². The van der Waals surface area contributed by atoms with Crippen LogP contribution >= 0.6 is 0 Å². The first-order valence-corrected chi connectivity index (χ1v) is 7.56. The molecule has 0 spiro atoms. The fourth-order valence-electron chi connectivity index (χ4n) is 2.68. The lowest BCUT2D eigenvalue weighted by Crippen LogP contribution is -2.33. The molecule has 2 rings (SSSR count). The van der Waals surface area contributed by atoms with Crippen LogP contribution in [0.5, 0.6) is 0 Å². The van der Waals surface area contributed by atoms with E-state index in [2.05, 4.69) is 4.98 Å². The molecule has 0 aromatic carbocycles. The number of primary amides is 1. The molecule has 6 N–H and O–H groups in total. The molecule has 0 aliphatic carbocycles. The minimum Gasteiger partial charge on any atom is -0.394 e. The number of aliphatic hydroxyl groups is 4. The molecule has 9 heteroatoms. The predicted molar refractivity (Wildman–Crippen MR) is 78.4 cm³/mol. The summed E-state index contributed by atoms with van der Waals surface area (Å²) in [6.07, 6.45) is -2.43. The monoisotopic (exact) mass is 329 g/mol. The number of aliphatic hydroxyl groups excluding tert-OH is 4. The fraction of sp³-hybridized carbons (Fsp3) is 0.714. The average Bonchev–Trinajstić information content (AvgIpc) is 3.07. The Morgan fingerprint density at radius 2 is 2.17 bits per heavy atom. The third-order valence-corrected chi connectivity index (χ3v) is 4.11. The van der Waals surface area contributed by atoms with Crippen molar-refractivity contribution in [3.8, 4) is 0 Å². The second-order valence-electron chi connectivity index (χ2n) is 5.64. The van der Waals surface area contributed by atoms with Crippen LogP contribution in [0, 0.1) is 0 Å². The van der Waals surface area contributed by atoms with Crippen molar-refractivity contribution < 1.29 is 30.0 Å². The van der Waals surface area contributed by atoms with Crippen molar-refractivity contribution >= 4 is 5.91 Å². The molecule has 9 nitrogen and oxygen atoms in total. The Morgan fingerprint density at radius 3 is 2.70 bits per heavy atom. The Balaban J connectivity index is 2.29. The Labute approximate surface area is 133 Å². The van der Waals surface area contributed by atoms with E-state index in [9.17, 15) is 20.1 Å². The highest BCUT2D eigenvalue weighted by molar-refractivity contribution is 5.92. The first-order valence-electron chi connectivity index (χ1n) is 7.56. The normalized spacial score (nSPS) is 28.9. The molecular formula is C14H23N3O6. The summed E-state index contributed by atoms with van der Waals surface area (Å²) in [5, 5.41) is 38.8. The van der Waals surface area contributed by atoms with Crippen LogP contribution in [0.15, 0.2) is 6.33 Å². The lowest BCUT2D eigenvalue weighted by atomic mass is 10.1. The van der Waals surface area contributed by atoms with Crippen LogP contribution in [0.1, 0.15) is 42.2 Å². The Bertz CT molecular complexity index is 549. The van der Waals surface area contributed by atoms with Gasteiger partial charge in [-0.1, -0.05) is 6.92 Å². The van der Waals surface area contributed by atoms with Gasteiger partial charge in [0.15, 0.2) is 6.23 Å². The third kappa shape index (κ3) is 3.54. The number of nitrogens with zero attached hydrogens (tertiary/aromatic N) is 2. The van der Waals surface area contributed by atoms with Crippen LogP contribution in [0.4, 0.5) is 0 Å². The molecular weight excluding hydrogens is 306 g/mol. The quantitative estimate of drug-likeness (QED) is 0.400. The van der Waals surface area contributed by atoms with Gasteiger partial charge >= 0.3 is 0 Å². The molecule has 0 radical (unpaired) electrons. The first-order chi connectivity index (χ1) is 10.9. The summed E-state index contributed by atoms with van der Waals surface area (Å²) in [6.45, 7) is 1.39. The van der Waals surface area contributed by atoms with Crippen LogP contribution in [-0.2, 0) is 11.2 Å². The smallest absolute Gasteiger partial charge is 0.269 e. The van der Waals surface area contributed by atoms with Crippen LogP contribution in [-0.4, -0.2) is 66.9 Å². The number of carbonyl (C=O) groups excluding carboxylic acids is 1. The largest absolute Gasteiger partial charge is 0.394 e. The highest BCUT2D eigenvalue weighted by atomic mass is 16.6. The first kappa shape index (κ1) is 17.8. The highest BCUT2D eigenvalue weighted by Crippen LogP contribution is 2.31. The number of rotatable bonds is 7. The van der Waals surface area contributed by atoms with Gasteiger partial charge < -0.3 is 35.5 Å². The van der Waals surface area contributed by atoms with Gasteiger partial charge in [-0.25, -0.2) is 4.98 Å². The number of imidazole rings is 1. The average molecular weight is 329 g/mol. The van der Waals surface area contributed by atoms with E-state index in [1.807, 2.05) is 6.92 Å². The van der Waals surface area contributed by atoms with E-state index in [-0.39, 0.29) is 5.69 Å². The Morgan fingerprint density at radius 1 is 1.48 bits per heavy atom. The molecule has 1 unspecified atom stereocenters. The Hall–Kier alpha value is -1.52. The van der Waals surface area contributed by atoms with Gasteiger partial charge in [-0.2, -0.15) is 0 Å². The molecule has 5 atom stereocenters. The van der Waals surface area contributed by atoms with Crippen LogP contribution in [0.2, 0.25) is 0 Å². The van der Waals surface area contributed by atoms with Gasteiger partial charge in [-0.15, -0.1) is 0 Å². The van der Waals surface area contributed by atoms with E-state index in [1.165, 1.54) is 10.9 Å². The van der Waals surface area contributed by atoms with Gasteiger partial charge in [0.1, 0.15) is 24.0 Å². The second kappa shape index (κ2) is 7.37. The number of aromatic nitrogens is 2. The van der Waals surface area contributed by atoms with Crippen molar-refractivity contribution in [3.63, 3.8) is 0 Å². The summed E-state index contributed by atoms with van der Waals surface area (Å²) >= 11 is 0. The standard InChI is InChI=1S/C14H23N3O6/c1-2-7(19)3-4-8-10(13(15)22)16-6-17(8)14-12(21)11(20)9(5-18)23-14/h6-7,9,11-12,14,18-21H,2-5H2,1H3,(H2,15,22)/t7?,9-,11-,12-,14-/m1/s1. The van der Waals surface area contributed by atoms with E-state index < -0.39 is 43.2 Å².